The molecule has 2 aromatic heterocycles. The molecule has 0 aliphatic carbocycles. The van der Waals surface area contributed by atoms with Gasteiger partial charge >= 0.3 is 11.6 Å². The molecular formula is C17H15N5O3. The molecule has 8 nitrogen and oxygen atoms in total. The van der Waals surface area contributed by atoms with E-state index in [1.54, 1.807) is 36.7 Å². The van der Waals surface area contributed by atoms with E-state index < -0.39 is 4.92 Å². The zero-order chi connectivity index (χ0) is 17.8. The van der Waals surface area contributed by atoms with Gasteiger partial charge in [-0.15, -0.1) is 0 Å². The van der Waals surface area contributed by atoms with Crippen LogP contribution in [0.5, 0.6) is 11.6 Å². The van der Waals surface area contributed by atoms with Crippen LogP contribution in [-0.2, 0) is 0 Å². The van der Waals surface area contributed by atoms with Gasteiger partial charge in [0, 0.05) is 18.1 Å². The van der Waals surface area contributed by atoms with Crippen molar-refractivity contribution in [2.45, 2.75) is 13.8 Å². The lowest BCUT2D eigenvalue weighted by molar-refractivity contribution is -0.385. The standard InChI is InChI=1S/C17H15N5O3/c1-11-7-12(2)9-14(8-11)25-17-15(22(23)24)16(19-10-20-17)21-13-3-5-18-6-4-13/h3-10H,1-2H3,(H,18,19,20,21). The van der Waals surface area contributed by atoms with Gasteiger partial charge in [0.05, 0.1) is 4.92 Å². The molecule has 0 fully saturated rings. The Bertz CT molecular complexity index is 895. The van der Waals surface area contributed by atoms with Gasteiger partial charge in [-0.1, -0.05) is 6.07 Å². The highest BCUT2D eigenvalue weighted by Crippen LogP contribution is 2.35. The minimum absolute atomic E-state index is 0.0468. The number of nitrogens with zero attached hydrogens (tertiary/aromatic N) is 4. The van der Waals surface area contributed by atoms with Crippen LogP contribution in [0.3, 0.4) is 0 Å². The Hall–Kier alpha value is -3.55. The number of pyridine rings is 1. The summed E-state index contributed by atoms with van der Waals surface area (Å²) >= 11 is 0. The van der Waals surface area contributed by atoms with Crippen LogP contribution >= 0.6 is 0 Å². The van der Waals surface area contributed by atoms with E-state index in [2.05, 4.69) is 20.3 Å². The third-order valence-corrected chi connectivity index (χ3v) is 3.32. The highest BCUT2D eigenvalue weighted by Gasteiger charge is 2.25. The van der Waals surface area contributed by atoms with Crippen LogP contribution in [0.15, 0.2) is 49.1 Å². The zero-order valence-corrected chi connectivity index (χ0v) is 13.6. The molecule has 0 unspecified atom stereocenters. The molecule has 3 aromatic rings. The van der Waals surface area contributed by atoms with Crippen molar-refractivity contribution in [1.29, 1.82) is 0 Å². The van der Waals surface area contributed by atoms with Crippen LogP contribution in [0, 0.1) is 24.0 Å². The smallest absolute Gasteiger partial charge is 0.373 e. The van der Waals surface area contributed by atoms with E-state index in [0.717, 1.165) is 11.1 Å². The SMILES string of the molecule is Cc1cc(C)cc(Oc2ncnc(Nc3ccncc3)c2[N+](=O)[O-])c1. The maximum Gasteiger partial charge on any atom is 0.373 e. The number of nitro groups is 1. The van der Waals surface area contributed by atoms with Gasteiger partial charge in [-0.2, -0.15) is 4.98 Å². The predicted molar refractivity (Wildman–Crippen MR) is 92.2 cm³/mol. The zero-order valence-electron chi connectivity index (χ0n) is 13.6. The maximum atomic E-state index is 11.6. The van der Waals surface area contributed by atoms with E-state index in [1.807, 2.05) is 19.9 Å². The molecule has 0 aliphatic heterocycles. The Balaban J connectivity index is 1.99. The Morgan fingerprint density at radius 2 is 1.76 bits per heavy atom. The van der Waals surface area contributed by atoms with Crippen molar-refractivity contribution in [3.05, 3.63) is 70.3 Å². The quantitative estimate of drug-likeness (QED) is 0.555. The highest BCUT2D eigenvalue weighted by atomic mass is 16.6. The van der Waals surface area contributed by atoms with E-state index in [-0.39, 0.29) is 17.4 Å². The Labute approximate surface area is 143 Å². The molecule has 3 rings (SSSR count). The van der Waals surface area contributed by atoms with Gasteiger partial charge in [0.25, 0.3) is 0 Å². The molecule has 0 spiro atoms. The Kier molecular flexibility index (Phi) is 4.51. The van der Waals surface area contributed by atoms with E-state index >= 15 is 0 Å². The van der Waals surface area contributed by atoms with Crippen LogP contribution in [0.25, 0.3) is 0 Å². The van der Waals surface area contributed by atoms with Gasteiger partial charge in [0.1, 0.15) is 12.1 Å². The molecule has 8 heteroatoms. The van der Waals surface area contributed by atoms with Crippen molar-refractivity contribution in [3.63, 3.8) is 0 Å². The van der Waals surface area contributed by atoms with Crippen LogP contribution in [0.1, 0.15) is 11.1 Å². The van der Waals surface area contributed by atoms with Crippen molar-refractivity contribution in [1.82, 2.24) is 15.0 Å². The molecule has 1 aromatic carbocycles. The average molecular weight is 337 g/mol. The minimum Gasteiger partial charge on any atom is -0.434 e. The fourth-order valence-electron chi connectivity index (χ4n) is 2.37. The molecule has 0 aliphatic rings. The summed E-state index contributed by atoms with van der Waals surface area (Å²) in [5, 5.41) is 14.4. The number of hydrogen-bond donors (Lipinski definition) is 1. The largest absolute Gasteiger partial charge is 0.434 e. The van der Waals surface area contributed by atoms with Crippen molar-refractivity contribution in [2.24, 2.45) is 0 Å². The van der Waals surface area contributed by atoms with Gasteiger partial charge in [0.15, 0.2) is 0 Å². The lowest BCUT2D eigenvalue weighted by Gasteiger charge is -2.10. The molecule has 1 N–H and O–H groups in total. The van der Waals surface area contributed by atoms with Gasteiger partial charge in [0.2, 0.25) is 5.82 Å². The van der Waals surface area contributed by atoms with Gasteiger partial charge in [-0.3, -0.25) is 15.1 Å². The molecule has 0 saturated carbocycles. The fraction of sp³-hybridized carbons (Fsp3) is 0.118. The first kappa shape index (κ1) is 16.3. The van der Waals surface area contributed by atoms with Crippen LogP contribution in [-0.4, -0.2) is 19.9 Å². The maximum absolute atomic E-state index is 11.6. The normalized spacial score (nSPS) is 10.3. The van der Waals surface area contributed by atoms with Crippen molar-refractivity contribution in [2.75, 3.05) is 5.32 Å². The second kappa shape index (κ2) is 6.91. The van der Waals surface area contributed by atoms with Crippen molar-refractivity contribution < 1.29 is 9.66 Å². The topological polar surface area (TPSA) is 103 Å². The number of aryl methyl sites for hydroxylation is 2. The molecular weight excluding hydrogens is 322 g/mol. The molecule has 0 saturated heterocycles. The summed E-state index contributed by atoms with van der Waals surface area (Å²) in [6, 6.07) is 8.91. The van der Waals surface area contributed by atoms with Crippen LogP contribution < -0.4 is 10.1 Å². The third kappa shape index (κ3) is 3.86. The summed E-state index contributed by atoms with van der Waals surface area (Å²) < 4.78 is 5.67. The van der Waals surface area contributed by atoms with E-state index in [4.69, 9.17) is 4.74 Å². The first-order chi connectivity index (χ1) is 12.0. The molecule has 0 amide bonds. The summed E-state index contributed by atoms with van der Waals surface area (Å²) in [4.78, 5) is 22.8. The average Bonchev–Trinajstić information content (AvgIpc) is 2.54. The fourth-order valence-corrected chi connectivity index (χ4v) is 2.37. The number of ether oxygens (including phenoxy) is 1. The molecule has 25 heavy (non-hydrogen) atoms. The summed E-state index contributed by atoms with van der Waals surface area (Å²) in [6.07, 6.45) is 4.36. The number of benzene rings is 1. The number of aromatic nitrogens is 3. The van der Waals surface area contributed by atoms with Gasteiger partial charge in [-0.25, -0.2) is 4.98 Å². The molecule has 0 atom stereocenters. The summed E-state index contributed by atoms with van der Waals surface area (Å²) in [5.74, 6) is 0.404. The summed E-state index contributed by atoms with van der Waals surface area (Å²) in [5.41, 5.74) is 2.26. The molecule has 0 radical (unpaired) electrons. The van der Waals surface area contributed by atoms with Gasteiger partial charge in [-0.05, 0) is 49.2 Å². The van der Waals surface area contributed by atoms with Crippen LogP contribution in [0.4, 0.5) is 17.2 Å². The van der Waals surface area contributed by atoms with Crippen molar-refractivity contribution in [3.8, 4) is 11.6 Å². The highest BCUT2D eigenvalue weighted by molar-refractivity contribution is 5.68. The van der Waals surface area contributed by atoms with Crippen molar-refractivity contribution >= 4 is 17.2 Å². The minimum atomic E-state index is -0.568. The van der Waals surface area contributed by atoms with E-state index in [9.17, 15) is 10.1 Å². The Morgan fingerprint density at radius 1 is 1.08 bits per heavy atom. The Morgan fingerprint density at radius 3 is 2.40 bits per heavy atom. The molecule has 126 valence electrons. The number of rotatable bonds is 5. The van der Waals surface area contributed by atoms with Crippen LogP contribution in [0.2, 0.25) is 0 Å². The number of hydrogen-bond acceptors (Lipinski definition) is 7. The predicted octanol–water partition coefficient (Wildman–Crippen LogP) is 3.93. The van der Waals surface area contributed by atoms with E-state index in [0.29, 0.717) is 11.4 Å². The molecule has 2 heterocycles. The third-order valence-electron chi connectivity index (χ3n) is 3.32. The van der Waals surface area contributed by atoms with Gasteiger partial charge < -0.3 is 10.1 Å². The first-order valence-corrected chi connectivity index (χ1v) is 7.45. The molecule has 0 bridgehead atoms. The summed E-state index contributed by atoms with van der Waals surface area (Å²) in [7, 11) is 0. The lowest BCUT2D eigenvalue weighted by atomic mass is 10.1. The number of anilines is 2. The summed E-state index contributed by atoms with van der Waals surface area (Å²) in [6.45, 7) is 3.84. The second-order valence-corrected chi connectivity index (χ2v) is 5.42. The monoisotopic (exact) mass is 337 g/mol. The first-order valence-electron chi connectivity index (χ1n) is 7.45. The lowest BCUT2D eigenvalue weighted by Crippen LogP contribution is -2.03. The van der Waals surface area contributed by atoms with E-state index in [1.165, 1.54) is 6.33 Å². The second-order valence-electron chi connectivity index (χ2n) is 5.42. The number of nitrogens with one attached hydrogen (secondary N) is 1.